The maximum atomic E-state index is 12.7. The summed E-state index contributed by atoms with van der Waals surface area (Å²) in [6, 6.07) is 10.9. The van der Waals surface area contributed by atoms with Crippen LogP contribution in [0.1, 0.15) is 11.5 Å². The zero-order chi connectivity index (χ0) is 20.4. The second-order valence-electron chi connectivity index (χ2n) is 6.87. The van der Waals surface area contributed by atoms with Gasteiger partial charge in [-0.25, -0.2) is 13.4 Å². The molecule has 4 rings (SSSR count). The van der Waals surface area contributed by atoms with E-state index in [9.17, 15) is 8.42 Å². The predicted octanol–water partition coefficient (Wildman–Crippen LogP) is 2.60. The Labute approximate surface area is 174 Å². The Balaban J connectivity index is 1.37. The summed E-state index contributed by atoms with van der Waals surface area (Å²) in [5.74, 6) is 1.07. The summed E-state index contributed by atoms with van der Waals surface area (Å²) in [6.45, 7) is 4.41. The van der Waals surface area contributed by atoms with Crippen molar-refractivity contribution in [2.75, 3.05) is 26.2 Å². The number of halogens is 1. The highest BCUT2D eigenvalue weighted by Crippen LogP contribution is 2.20. The van der Waals surface area contributed by atoms with Crippen LogP contribution >= 0.6 is 11.6 Å². The molecule has 0 amide bonds. The number of aromatic nitrogens is 3. The van der Waals surface area contributed by atoms with Gasteiger partial charge in [0.2, 0.25) is 21.7 Å². The lowest BCUT2D eigenvalue weighted by Crippen LogP contribution is -2.48. The number of piperazine rings is 1. The van der Waals surface area contributed by atoms with Crippen LogP contribution in [-0.4, -0.2) is 58.9 Å². The molecule has 2 aromatic heterocycles. The fourth-order valence-electron chi connectivity index (χ4n) is 3.12. The zero-order valence-corrected chi connectivity index (χ0v) is 17.4. The molecule has 3 aromatic rings. The van der Waals surface area contributed by atoms with Crippen molar-refractivity contribution in [3.8, 4) is 11.4 Å². The molecule has 1 saturated heterocycles. The van der Waals surface area contributed by atoms with Gasteiger partial charge in [0.05, 0.1) is 6.54 Å². The Kier molecular flexibility index (Phi) is 5.64. The van der Waals surface area contributed by atoms with Crippen molar-refractivity contribution < 1.29 is 12.9 Å². The first-order chi connectivity index (χ1) is 13.9. The van der Waals surface area contributed by atoms with Gasteiger partial charge in [-0.05, 0) is 19.1 Å². The normalized spacial score (nSPS) is 16.2. The van der Waals surface area contributed by atoms with Crippen LogP contribution in [-0.2, 0) is 16.6 Å². The molecule has 29 heavy (non-hydrogen) atoms. The van der Waals surface area contributed by atoms with Crippen LogP contribution in [0.5, 0.6) is 0 Å². The first kappa shape index (κ1) is 20.0. The molecule has 0 unspecified atom stereocenters. The summed E-state index contributed by atoms with van der Waals surface area (Å²) in [7, 11) is -3.58. The Morgan fingerprint density at radius 3 is 2.45 bits per heavy atom. The lowest BCUT2D eigenvalue weighted by atomic mass is 10.1. The van der Waals surface area contributed by atoms with Crippen LogP contribution in [0, 0.1) is 6.92 Å². The minimum atomic E-state index is -3.58. The Bertz CT molecular complexity index is 1080. The molecule has 0 bridgehead atoms. The molecule has 1 aliphatic rings. The molecular weight excluding hydrogens is 414 g/mol. The van der Waals surface area contributed by atoms with E-state index in [1.54, 1.807) is 0 Å². The largest absolute Gasteiger partial charge is 0.338 e. The molecule has 3 heterocycles. The third-order valence-electron chi connectivity index (χ3n) is 4.81. The average Bonchev–Trinajstić information content (AvgIpc) is 3.18. The number of hydrogen-bond donors (Lipinski definition) is 0. The Morgan fingerprint density at radius 1 is 1.07 bits per heavy atom. The number of benzene rings is 1. The first-order valence-electron chi connectivity index (χ1n) is 9.15. The number of rotatable bonds is 5. The van der Waals surface area contributed by atoms with E-state index in [0.717, 1.165) is 5.56 Å². The third kappa shape index (κ3) is 4.48. The molecule has 0 atom stereocenters. The van der Waals surface area contributed by atoms with Gasteiger partial charge in [0, 0.05) is 37.9 Å². The molecule has 1 aromatic carbocycles. The molecule has 0 saturated carbocycles. The fourth-order valence-corrected chi connectivity index (χ4v) is 4.60. The van der Waals surface area contributed by atoms with E-state index in [1.807, 2.05) is 31.2 Å². The van der Waals surface area contributed by atoms with Crippen molar-refractivity contribution >= 4 is 21.6 Å². The summed E-state index contributed by atoms with van der Waals surface area (Å²) < 4.78 is 32.3. The van der Waals surface area contributed by atoms with Gasteiger partial charge in [-0.1, -0.05) is 46.6 Å². The number of hydrogen-bond acceptors (Lipinski definition) is 7. The molecule has 1 fully saturated rings. The highest BCUT2D eigenvalue weighted by molar-refractivity contribution is 7.89. The maximum Gasteiger partial charge on any atom is 0.244 e. The van der Waals surface area contributed by atoms with Gasteiger partial charge in [0.25, 0.3) is 0 Å². The van der Waals surface area contributed by atoms with Crippen LogP contribution in [0.25, 0.3) is 11.4 Å². The van der Waals surface area contributed by atoms with E-state index in [2.05, 4.69) is 20.0 Å². The molecule has 0 spiro atoms. The van der Waals surface area contributed by atoms with Crippen LogP contribution < -0.4 is 0 Å². The van der Waals surface area contributed by atoms with Crippen molar-refractivity contribution in [1.82, 2.24) is 24.3 Å². The minimum absolute atomic E-state index is 0.148. The van der Waals surface area contributed by atoms with E-state index in [0.29, 0.717) is 44.4 Å². The summed E-state index contributed by atoms with van der Waals surface area (Å²) >= 11 is 5.75. The summed E-state index contributed by atoms with van der Waals surface area (Å²) in [6.07, 6.45) is 1.29. The van der Waals surface area contributed by atoms with Gasteiger partial charge >= 0.3 is 0 Å². The molecule has 1 aliphatic heterocycles. The van der Waals surface area contributed by atoms with Crippen molar-refractivity contribution in [3.05, 3.63) is 59.2 Å². The van der Waals surface area contributed by atoms with E-state index < -0.39 is 10.0 Å². The lowest BCUT2D eigenvalue weighted by molar-refractivity contribution is 0.163. The van der Waals surface area contributed by atoms with E-state index in [1.165, 1.54) is 28.2 Å². The Morgan fingerprint density at radius 2 is 1.79 bits per heavy atom. The van der Waals surface area contributed by atoms with Gasteiger partial charge in [0.15, 0.2) is 0 Å². The second kappa shape index (κ2) is 8.19. The zero-order valence-electron chi connectivity index (χ0n) is 15.8. The van der Waals surface area contributed by atoms with Gasteiger partial charge in [-0.3, -0.25) is 4.90 Å². The van der Waals surface area contributed by atoms with Crippen LogP contribution in [0.4, 0.5) is 0 Å². The quantitative estimate of drug-likeness (QED) is 0.571. The molecule has 152 valence electrons. The standard InChI is InChI=1S/C19H20ClN5O3S/c1-14-2-4-15(5-3-14)19-22-18(28-23-19)13-24-8-10-25(11-9-24)29(26,27)16-6-7-17(20)21-12-16/h2-7,12H,8-11,13H2,1H3. The SMILES string of the molecule is Cc1ccc(-c2noc(CN3CCN(S(=O)(=O)c4ccc(Cl)nc4)CC3)n2)cc1. The van der Waals surface area contributed by atoms with E-state index in [4.69, 9.17) is 16.1 Å². The maximum absolute atomic E-state index is 12.7. The van der Waals surface area contributed by atoms with Gasteiger partial charge in [-0.15, -0.1) is 0 Å². The predicted molar refractivity (Wildman–Crippen MR) is 108 cm³/mol. The van der Waals surface area contributed by atoms with Gasteiger partial charge in [0.1, 0.15) is 10.0 Å². The van der Waals surface area contributed by atoms with Crippen molar-refractivity contribution in [2.45, 2.75) is 18.4 Å². The van der Waals surface area contributed by atoms with Crippen molar-refractivity contribution in [3.63, 3.8) is 0 Å². The fraction of sp³-hybridized carbons (Fsp3) is 0.316. The summed E-state index contributed by atoms with van der Waals surface area (Å²) in [5, 5.41) is 4.31. The molecular formula is C19H20ClN5O3S. The van der Waals surface area contributed by atoms with E-state index >= 15 is 0 Å². The number of pyridine rings is 1. The van der Waals surface area contributed by atoms with Crippen LogP contribution in [0.15, 0.2) is 52.0 Å². The van der Waals surface area contributed by atoms with Gasteiger partial charge in [-0.2, -0.15) is 9.29 Å². The number of nitrogens with zero attached hydrogens (tertiary/aromatic N) is 5. The monoisotopic (exact) mass is 433 g/mol. The lowest BCUT2D eigenvalue weighted by Gasteiger charge is -2.33. The molecule has 0 aliphatic carbocycles. The third-order valence-corrected chi connectivity index (χ3v) is 6.91. The summed E-state index contributed by atoms with van der Waals surface area (Å²) in [4.78, 5) is 10.6. The first-order valence-corrected chi connectivity index (χ1v) is 11.0. The highest BCUT2D eigenvalue weighted by Gasteiger charge is 2.29. The topological polar surface area (TPSA) is 92.4 Å². The molecule has 10 heteroatoms. The summed E-state index contributed by atoms with van der Waals surface area (Å²) in [5.41, 5.74) is 2.07. The molecule has 0 radical (unpaired) electrons. The van der Waals surface area contributed by atoms with Crippen molar-refractivity contribution in [2.24, 2.45) is 0 Å². The highest BCUT2D eigenvalue weighted by atomic mass is 35.5. The molecule has 0 N–H and O–H groups in total. The van der Waals surface area contributed by atoms with Crippen molar-refractivity contribution in [1.29, 1.82) is 0 Å². The smallest absolute Gasteiger partial charge is 0.244 e. The van der Waals surface area contributed by atoms with Crippen LogP contribution in [0.3, 0.4) is 0 Å². The number of sulfonamides is 1. The number of aryl methyl sites for hydroxylation is 1. The van der Waals surface area contributed by atoms with Gasteiger partial charge < -0.3 is 4.52 Å². The van der Waals surface area contributed by atoms with E-state index in [-0.39, 0.29) is 10.0 Å². The second-order valence-corrected chi connectivity index (χ2v) is 9.20. The Hall–Kier alpha value is -2.33. The average molecular weight is 434 g/mol. The van der Waals surface area contributed by atoms with Crippen LogP contribution in [0.2, 0.25) is 5.15 Å². The minimum Gasteiger partial charge on any atom is -0.338 e. The molecule has 8 nitrogen and oxygen atoms in total.